The van der Waals surface area contributed by atoms with Crippen LogP contribution in [0.2, 0.25) is 5.02 Å². The van der Waals surface area contributed by atoms with E-state index in [-0.39, 0.29) is 6.54 Å². The van der Waals surface area contributed by atoms with E-state index in [9.17, 15) is 5.11 Å². The van der Waals surface area contributed by atoms with Crippen LogP contribution in [0.5, 0.6) is 0 Å². The fraction of sp³-hybridized carbons (Fsp3) is 0.143. The fourth-order valence-corrected chi connectivity index (χ4v) is 1.99. The Labute approximate surface area is 106 Å². The zero-order valence-corrected chi connectivity index (χ0v) is 10.1. The van der Waals surface area contributed by atoms with Crippen LogP contribution in [-0.2, 0) is 0 Å². The standard InChI is InChI=1S/C14H14ClNO/c15-13-7-2-1-6-12(13)10-4-3-5-11(8-10)14(17)9-16/h1-8,14,17H,9,16H2. The highest BCUT2D eigenvalue weighted by Crippen LogP contribution is 2.29. The second-order valence-electron chi connectivity index (χ2n) is 3.86. The highest BCUT2D eigenvalue weighted by molar-refractivity contribution is 6.33. The van der Waals surface area contributed by atoms with E-state index < -0.39 is 6.10 Å². The summed E-state index contributed by atoms with van der Waals surface area (Å²) in [4.78, 5) is 0. The third-order valence-corrected chi connectivity index (χ3v) is 3.01. The maximum atomic E-state index is 9.71. The molecule has 88 valence electrons. The lowest BCUT2D eigenvalue weighted by molar-refractivity contribution is 0.187. The van der Waals surface area contributed by atoms with Crippen LogP contribution in [0.25, 0.3) is 11.1 Å². The lowest BCUT2D eigenvalue weighted by Crippen LogP contribution is -2.11. The minimum absolute atomic E-state index is 0.214. The van der Waals surface area contributed by atoms with Crippen molar-refractivity contribution in [3.8, 4) is 11.1 Å². The number of halogens is 1. The van der Waals surface area contributed by atoms with Crippen molar-refractivity contribution < 1.29 is 5.11 Å². The Morgan fingerprint density at radius 3 is 2.59 bits per heavy atom. The van der Waals surface area contributed by atoms with Crippen molar-refractivity contribution in [3.05, 3.63) is 59.1 Å². The van der Waals surface area contributed by atoms with Crippen molar-refractivity contribution in [2.24, 2.45) is 5.73 Å². The molecule has 1 atom stereocenters. The van der Waals surface area contributed by atoms with Gasteiger partial charge in [-0.05, 0) is 23.3 Å². The highest BCUT2D eigenvalue weighted by atomic mass is 35.5. The van der Waals surface area contributed by atoms with Gasteiger partial charge < -0.3 is 10.8 Å². The Bertz CT molecular complexity index is 513. The van der Waals surface area contributed by atoms with Crippen molar-refractivity contribution in [2.75, 3.05) is 6.54 Å². The summed E-state index contributed by atoms with van der Waals surface area (Å²) in [7, 11) is 0. The van der Waals surface area contributed by atoms with Gasteiger partial charge >= 0.3 is 0 Å². The number of aliphatic hydroxyl groups is 1. The molecule has 2 aromatic carbocycles. The van der Waals surface area contributed by atoms with Gasteiger partial charge in [0.05, 0.1) is 6.10 Å². The van der Waals surface area contributed by atoms with E-state index in [0.29, 0.717) is 5.02 Å². The molecule has 0 aliphatic carbocycles. The van der Waals surface area contributed by atoms with E-state index >= 15 is 0 Å². The minimum atomic E-state index is -0.627. The molecule has 2 aromatic rings. The molecule has 0 saturated carbocycles. The average molecular weight is 248 g/mol. The summed E-state index contributed by atoms with van der Waals surface area (Å²) in [6.07, 6.45) is -0.627. The van der Waals surface area contributed by atoms with Crippen molar-refractivity contribution in [2.45, 2.75) is 6.10 Å². The van der Waals surface area contributed by atoms with Gasteiger partial charge in [-0.2, -0.15) is 0 Å². The van der Waals surface area contributed by atoms with Crippen LogP contribution >= 0.6 is 11.6 Å². The molecule has 0 amide bonds. The fourth-order valence-electron chi connectivity index (χ4n) is 1.74. The zero-order valence-electron chi connectivity index (χ0n) is 9.31. The van der Waals surface area contributed by atoms with Gasteiger partial charge in [0.1, 0.15) is 0 Å². The molecule has 0 spiro atoms. The van der Waals surface area contributed by atoms with E-state index in [1.807, 2.05) is 48.5 Å². The minimum Gasteiger partial charge on any atom is -0.387 e. The van der Waals surface area contributed by atoms with Crippen LogP contribution < -0.4 is 5.73 Å². The molecule has 2 rings (SSSR count). The van der Waals surface area contributed by atoms with Gasteiger partial charge in [-0.3, -0.25) is 0 Å². The summed E-state index contributed by atoms with van der Waals surface area (Å²) in [5.41, 5.74) is 8.20. The van der Waals surface area contributed by atoms with Gasteiger partial charge in [0, 0.05) is 17.1 Å². The second-order valence-corrected chi connectivity index (χ2v) is 4.26. The predicted molar refractivity (Wildman–Crippen MR) is 70.9 cm³/mol. The number of rotatable bonds is 3. The molecule has 3 heteroatoms. The number of hydrogen-bond acceptors (Lipinski definition) is 2. The molecular formula is C14H14ClNO. The van der Waals surface area contributed by atoms with Crippen molar-refractivity contribution >= 4 is 11.6 Å². The summed E-state index contributed by atoms with van der Waals surface area (Å²) in [5.74, 6) is 0. The van der Waals surface area contributed by atoms with Crippen molar-refractivity contribution in [3.63, 3.8) is 0 Å². The van der Waals surface area contributed by atoms with E-state index in [1.165, 1.54) is 0 Å². The van der Waals surface area contributed by atoms with Gasteiger partial charge in [-0.15, -0.1) is 0 Å². The third-order valence-electron chi connectivity index (χ3n) is 2.68. The summed E-state index contributed by atoms with van der Waals surface area (Å²) in [6.45, 7) is 0.214. The highest BCUT2D eigenvalue weighted by Gasteiger charge is 2.07. The normalized spacial score (nSPS) is 12.4. The van der Waals surface area contributed by atoms with Gasteiger partial charge in [-0.25, -0.2) is 0 Å². The molecule has 0 radical (unpaired) electrons. The maximum absolute atomic E-state index is 9.71. The van der Waals surface area contributed by atoms with E-state index in [2.05, 4.69) is 0 Å². The number of aliphatic hydroxyl groups excluding tert-OH is 1. The number of hydrogen-bond donors (Lipinski definition) is 2. The van der Waals surface area contributed by atoms with E-state index in [1.54, 1.807) is 0 Å². The van der Waals surface area contributed by atoms with E-state index in [0.717, 1.165) is 16.7 Å². The Balaban J connectivity index is 2.43. The van der Waals surface area contributed by atoms with Crippen LogP contribution in [0.1, 0.15) is 11.7 Å². The maximum Gasteiger partial charge on any atom is 0.0912 e. The van der Waals surface area contributed by atoms with Crippen LogP contribution in [0, 0.1) is 0 Å². The molecule has 0 aliphatic heterocycles. The SMILES string of the molecule is NCC(O)c1cccc(-c2ccccc2Cl)c1. The van der Waals surface area contributed by atoms with E-state index in [4.69, 9.17) is 17.3 Å². The predicted octanol–water partition coefficient (Wildman–Crippen LogP) is 3.00. The first-order chi connectivity index (χ1) is 8.22. The third kappa shape index (κ3) is 2.67. The Hall–Kier alpha value is -1.35. The largest absolute Gasteiger partial charge is 0.387 e. The first-order valence-electron chi connectivity index (χ1n) is 5.45. The molecule has 0 saturated heterocycles. The van der Waals surface area contributed by atoms with Gasteiger partial charge in [-0.1, -0.05) is 48.0 Å². The summed E-state index contributed by atoms with van der Waals surface area (Å²) >= 11 is 6.14. The molecule has 3 N–H and O–H groups in total. The summed E-state index contributed by atoms with van der Waals surface area (Å²) < 4.78 is 0. The summed E-state index contributed by atoms with van der Waals surface area (Å²) in [6, 6.07) is 15.3. The Morgan fingerprint density at radius 1 is 1.12 bits per heavy atom. The molecule has 1 unspecified atom stereocenters. The summed E-state index contributed by atoms with van der Waals surface area (Å²) in [5, 5.41) is 10.4. The average Bonchev–Trinajstić information content (AvgIpc) is 2.38. The van der Waals surface area contributed by atoms with Crippen LogP contribution in [0.15, 0.2) is 48.5 Å². The van der Waals surface area contributed by atoms with Gasteiger partial charge in [0.2, 0.25) is 0 Å². The molecular weight excluding hydrogens is 234 g/mol. The number of benzene rings is 2. The van der Waals surface area contributed by atoms with Crippen LogP contribution in [0.3, 0.4) is 0 Å². The molecule has 2 nitrogen and oxygen atoms in total. The van der Waals surface area contributed by atoms with Gasteiger partial charge in [0.15, 0.2) is 0 Å². The quantitative estimate of drug-likeness (QED) is 0.876. The molecule has 17 heavy (non-hydrogen) atoms. The topological polar surface area (TPSA) is 46.2 Å². The second kappa shape index (κ2) is 5.32. The van der Waals surface area contributed by atoms with Gasteiger partial charge in [0.25, 0.3) is 0 Å². The lowest BCUT2D eigenvalue weighted by atomic mass is 10.0. The zero-order chi connectivity index (χ0) is 12.3. The Kier molecular flexibility index (Phi) is 3.79. The molecule has 0 bridgehead atoms. The van der Waals surface area contributed by atoms with Crippen molar-refractivity contribution in [1.29, 1.82) is 0 Å². The van der Waals surface area contributed by atoms with Crippen LogP contribution in [0.4, 0.5) is 0 Å². The first kappa shape index (κ1) is 12.1. The smallest absolute Gasteiger partial charge is 0.0912 e. The van der Waals surface area contributed by atoms with Crippen molar-refractivity contribution in [1.82, 2.24) is 0 Å². The Morgan fingerprint density at radius 2 is 1.88 bits per heavy atom. The number of nitrogens with two attached hydrogens (primary N) is 1. The lowest BCUT2D eigenvalue weighted by Gasteiger charge is -2.10. The molecule has 0 fully saturated rings. The first-order valence-corrected chi connectivity index (χ1v) is 5.83. The van der Waals surface area contributed by atoms with Crippen LogP contribution in [-0.4, -0.2) is 11.7 Å². The molecule has 0 heterocycles. The molecule has 0 aliphatic rings. The molecule has 0 aromatic heterocycles. The monoisotopic (exact) mass is 247 g/mol.